The van der Waals surface area contributed by atoms with Gasteiger partial charge in [0, 0.05) is 23.6 Å². The van der Waals surface area contributed by atoms with Crippen LogP contribution in [0.3, 0.4) is 0 Å². The van der Waals surface area contributed by atoms with Crippen molar-refractivity contribution in [3.63, 3.8) is 0 Å². The van der Waals surface area contributed by atoms with Crippen molar-refractivity contribution in [3.8, 4) is 11.5 Å². The van der Waals surface area contributed by atoms with E-state index in [9.17, 15) is 8.42 Å². The van der Waals surface area contributed by atoms with Crippen LogP contribution in [0.1, 0.15) is 29.2 Å². The molecule has 0 spiro atoms. The van der Waals surface area contributed by atoms with Gasteiger partial charge in [-0.05, 0) is 54.2 Å². The van der Waals surface area contributed by atoms with Crippen LogP contribution >= 0.6 is 0 Å². The molecule has 0 amide bonds. The molecule has 0 unspecified atom stereocenters. The normalized spacial score (nSPS) is 17.3. The molecular weight excluding hydrogens is 388 g/mol. The minimum Gasteiger partial charge on any atom is -0.493 e. The average molecular weight is 415 g/mol. The highest BCUT2D eigenvalue weighted by atomic mass is 32.2. The molecule has 1 aromatic heterocycles. The first-order valence-corrected chi connectivity index (χ1v) is 11.5. The third-order valence-corrected chi connectivity index (χ3v) is 7.03. The number of nitrogens with one attached hydrogen (secondary N) is 1. The molecule has 7 heteroatoms. The van der Waals surface area contributed by atoms with Crippen LogP contribution in [0.4, 0.5) is 0 Å². The Hall–Kier alpha value is -2.51. The predicted molar refractivity (Wildman–Crippen MR) is 114 cm³/mol. The van der Waals surface area contributed by atoms with Crippen LogP contribution in [0.25, 0.3) is 10.9 Å². The standard InChI is InChI=1S/C22H26N2O4S/c1-27-21-12-15-10-11-24(29(3,25)26)20(18(15)13-22(21)28-2)9-8-16-14-23-19-7-5-4-6-17(16)19/h4-7,12-14,20,23H,8-11H2,1-3H3/t20-/m0/s1. The van der Waals surface area contributed by atoms with Gasteiger partial charge in [-0.25, -0.2) is 8.42 Å². The minimum absolute atomic E-state index is 0.234. The van der Waals surface area contributed by atoms with E-state index in [1.165, 1.54) is 17.2 Å². The molecule has 1 atom stereocenters. The topological polar surface area (TPSA) is 71.6 Å². The zero-order valence-electron chi connectivity index (χ0n) is 16.9. The number of H-pyrrole nitrogens is 1. The number of aryl methyl sites for hydroxylation is 1. The second-order valence-corrected chi connectivity index (χ2v) is 9.38. The van der Waals surface area contributed by atoms with Gasteiger partial charge in [0.15, 0.2) is 11.5 Å². The smallest absolute Gasteiger partial charge is 0.211 e. The zero-order valence-corrected chi connectivity index (χ0v) is 17.8. The number of aromatic nitrogens is 1. The molecule has 0 bridgehead atoms. The molecule has 0 radical (unpaired) electrons. The molecule has 154 valence electrons. The molecule has 1 aliphatic heterocycles. The van der Waals surface area contributed by atoms with E-state index < -0.39 is 10.0 Å². The molecule has 3 aromatic rings. The molecule has 2 aromatic carbocycles. The van der Waals surface area contributed by atoms with Gasteiger partial charge in [-0.15, -0.1) is 0 Å². The molecule has 0 saturated carbocycles. The van der Waals surface area contributed by atoms with Crippen LogP contribution in [0.15, 0.2) is 42.6 Å². The highest BCUT2D eigenvalue weighted by molar-refractivity contribution is 7.88. The fourth-order valence-electron chi connectivity index (χ4n) is 4.33. The summed E-state index contributed by atoms with van der Waals surface area (Å²) < 4.78 is 37.6. The van der Waals surface area contributed by atoms with Crippen LogP contribution in [0, 0.1) is 0 Å². The monoisotopic (exact) mass is 414 g/mol. The van der Waals surface area contributed by atoms with Crippen molar-refractivity contribution in [2.45, 2.75) is 25.3 Å². The van der Waals surface area contributed by atoms with Crippen molar-refractivity contribution in [3.05, 3.63) is 59.3 Å². The summed E-state index contributed by atoms with van der Waals surface area (Å²) in [6.07, 6.45) is 5.43. The second kappa shape index (κ2) is 7.72. The van der Waals surface area contributed by atoms with E-state index in [2.05, 4.69) is 17.1 Å². The first kappa shape index (κ1) is 19.8. The molecule has 0 aliphatic carbocycles. The van der Waals surface area contributed by atoms with E-state index in [0.717, 1.165) is 23.1 Å². The maximum Gasteiger partial charge on any atom is 0.211 e. The van der Waals surface area contributed by atoms with E-state index in [0.29, 0.717) is 30.9 Å². The fraction of sp³-hybridized carbons (Fsp3) is 0.364. The van der Waals surface area contributed by atoms with Gasteiger partial charge in [-0.3, -0.25) is 0 Å². The number of methoxy groups -OCH3 is 2. The lowest BCUT2D eigenvalue weighted by Crippen LogP contribution is -2.39. The van der Waals surface area contributed by atoms with Crippen molar-refractivity contribution in [1.29, 1.82) is 0 Å². The van der Waals surface area contributed by atoms with E-state index in [4.69, 9.17) is 9.47 Å². The Morgan fingerprint density at radius 3 is 2.59 bits per heavy atom. The number of hydrogen-bond donors (Lipinski definition) is 1. The maximum absolute atomic E-state index is 12.5. The first-order valence-electron chi connectivity index (χ1n) is 9.69. The average Bonchev–Trinajstić information content (AvgIpc) is 3.13. The number of rotatable bonds is 6. The predicted octanol–water partition coefficient (Wildman–Crippen LogP) is 3.68. The van der Waals surface area contributed by atoms with E-state index in [1.54, 1.807) is 18.5 Å². The second-order valence-electron chi connectivity index (χ2n) is 7.44. The Kier molecular flexibility index (Phi) is 5.27. The van der Waals surface area contributed by atoms with Crippen molar-refractivity contribution < 1.29 is 17.9 Å². The van der Waals surface area contributed by atoms with Gasteiger partial charge in [0.25, 0.3) is 0 Å². The Labute approximate surface area is 171 Å². The number of nitrogens with zero attached hydrogens (tertiary/aromatic N) is 1. The summed E-state index contributed by atoms with van der Waals surface area (Å²) in [5, 5.41) is 1.18. The van der Waals surface area contributed by atoms with Crippen molar-refractivity contribution >= 4 is 20.9 Å². The fourth-order valence-corrected chi connectivity index (χ4v) is 5.44. The largest absolute Gasteiger partial charge is 0.493 e. The molecular formula is C22H26N2O4S. The van der Waals surface area contributed by atoms with Crippen LogP contribution in [-0.4, -0.2) is 44.7 Å². The van der Waals surface area contributed by atoms with Gasteiger partial charge in [0.2, 0.25) is 10.0 Å². The van der Waals surface area contributed by atoms with E-state index in [-0.39, 0.29) is 6.04 Å². The number of benzene rings is 2. The van der Waals surface area contributed by atoms with Crippen LogP contribution < -0.4 is 9.47 Å². The Balaban J connectivity index is 1.72. The summed E-state index contributed by atoms with van der Waals surface area (Å²) in [6.45, 7) is 0.472. The molecule has 6 nitrogen and oxygen atoms in total. The van der Waals surface area contributed by atoms with Crippen LogP contribution in [0.2, 0.25) is 0 Å². The van der Waals surface area contributed by atoms with E-state index >= 15 is 0 Å². The van der Waals surface area contributed by atoms with Gasteiger partial charge >= 0.3 is 0 Å². The summed E-state index contributed by atoms with van der Waals surface area (Å²) in [6, 6.07) is 11.9. The van der Waals surface area contributed by atoms with Gasteiger partial charge in [0.1, 0.15) is 0 Å². The summed E-state index contributed by atoms with van der Waals surface area (Å²) in [4.78, 5) is 3.30. The minimum atomic E-state index is -3.33. The molecule has 4 rings (SSSR count). The van der Waals surface area contributed by atoms with Crippen molar-refractivity contribution in [1.82, 2.24) is 9.29 Å². The van der Waals surface area contributed by atoms with Gasteiger partial charge in [-0.1, -0.05) is 18.2 Å². The maximum atomic E-state index is 12.5. The number of fused-ring (bicyclic) bond motifs is 2. The molecule has 0 fully saturated rings. The highest BCUT2D eigenvalue weighted by Crippen LogP contribution is 2.41. The summed E-state index contributed by atoms with van der Waals surface area (Å²) >= 11 is 0. The molecule has 0 saturated heterocycles. The number of para-hydroxylation sites is 1. The lowest BCUT2D eigenvalue weighted by molar-refractivity contribution is 0.292. The van der Waals surface area contributed by atoms with Crippen LogP contribution in [0.5, 0.6) is 11.5 Å². The molecule has 1 aliphatic rings. The number of hydrogen-bond acceptors (Lipinski definition) is 4. The van der Waals surface area contributed by atoms with Gasteiger partial charge in [0.05, 0.1) is 26.5 Å². The Morgan fingerprint density at radius 1 is 1.14 bits per heavy atom. The lowest BCUT2D eigenvalue weighted by atomic mass is 9.90. The highest BCUT2D eigenvalue weighted by Gasteiger charge is 2.34. The van der Waals surface area contributed by atoms with E-state index in [1.807, 2.05) is 30.5 Å². The molecule has 29 heavy (non-hydrogen) atoms. The zero-order chi connectivity index (χ0) is 20.6. The lowest BCUT2D eigenvalue weighted by Gasteiger charge is -2.36. The number of ether oxygens (including phenoxy) is 2. The molecule has 1 N–H and O–H groups in total. The first-order chi connectivity index (χ1) is 13.9. The SMILES string of the molecule is COc1cc2c(cc1OC)[C@H](CCc1c[nH]c3ccccc13)N(S(C)(=O)=O)CC2. The van der Waals surface area contributed by atoms with Crippen LogP contribution in [-0.2, 0) is 22.9 Å². The van der Waals surface area contributed by atoms with Gasteiger partial charge < -0.3 is 14.5 Å². The number of aromatic amines is 1. The number of sulfonamides is 1. The molecule has 2 heterocycles. The van der Waals surface area contributed by atoms with Crippen molar-refractivity contribution in [2.75, 3.05) is 27.0 Å². The van der Waals surface area contributed by atoms with Crippen molar-refractivity contribution in [2.24, 2.45) is 0 Å². The Morgan fingerprint density at radius 2 is 1.86 bits per heavy atom. The summed E-state index contributed by atoms with van der Waals surface area (Å²) in [7, 11) is -0.118. The third kappa shape index (κ3) is 3.72. The quantitative estimate of drug-likeness (QED) is 0.668. The summed E-state index contributed by atoms with van der Waals surface area (Å²) in [5.41, 5.74) is 4.41. The third-order valence-electron chi connectivity index (χ3n) is 5.74. The van der Waals surface area contributed by atoms with Gasteiger partial charge in [-0.2, -0.15) is 4.31 Å². The Bertz CT molecular complexity index is 1140. The summed E-state index contributed by atoms with van der Waals surface area (Å²) in [5.74, 6) is 1.30.